The van der Waals surface area contributed by atoms with Crippen LogP contribution < -0.4 is 5.32 Å². The van der Waals surface area contributed by atoms with Crippen molar-refractivity contribution in [1.82, 2.24) is 0 Å². The van der Waals surface area contributed by atoms with Crippen LogP contribution in [-0.4, -0.2) is 0 Å². The highest BCUT2D eigenvalue weighted by Gasteiger charge is 2.35. The van der Waals surface area contributed by atoms with Crippen molar-refractivity contribution in [2.75, 3.05) is 5.32 Å². The molecule has 2 heterocycles. The molecule has 0 amide bonds. The van der Waals surface area contributed by atoms with Crippen LogP contribution in [0.1, 0.15) is 28.7 Å². The summed E-state index contributed by atoms with van der Waals surface area (Å²) in [7, 11) is 0. The molecule has 4 aromatic carbocycles. The lowest BCUT2D eigenvalue weighted by molar-refractivity contribution is 0.727. The number of benzene rings is 4. The zero-order valence-electron chi connectivity index (χ0n) is 15.1. The number of rotatable bonds is 0. The summed E-state index contributed by atoms with van der Waals surface area (Å²) in [5.74, 6) is 0.413. The predicted octanol–water partition coefficient (Wildman–Crippen LogP) is 7.48. The molecule has 2 aliphatic rings. The Balaban J connectivity index is 1.50. The van der Waals surface area contributed by atoms with E-state index in [2.05, 4.69) is 90.3 Å². The minimum atomic E-state index is 0.343. The van der Waals surface area contributed by atoms with Gasteiger partial charge in [-0.2, -0.15) is 0 Å². The number of thiophene rings is 1. The first kappa shape index (κ1) is 14.9. The van der Waals surface area contributed by atoms with Crippen molar-refractivity contribution < 1.29 is 0 Å². The molecule has 2 heteroatoms. The van der Waals surface area contributed by atoms with Gasteiger partial charge in [0.25, 0.3) is 0 Å². The van der Waals surface area contributed by atoms with E-state index in [-0.39, 0.29) is 0 Å². The van der Waals surface area contributed by atoms with Gasteiger partial charge in [0.1, 0.15) is 0 Å². The number of nitrogens with one attached hydrogen (secondary N) is 1. The van der Waals surface area contributed by atoms with E-state index in [0.29, 0.717) is 12.0 Å². The molecule has 7 rings (SSSR count). The Bertz CT molecular complexity index is 1460. The Kier molecular flexibility index (Phi) is 2.79. The van der Waals surface area contributed by atoms with Crippen LogP contribution in [0.15, 0.2) is 78.9 Å². The summed E-state index contributed by atoms with van der Waals surface area (Å²) < 4.78 is 2.76. The van der Waals surface area contributed by atoms with Crippen LogP contribution in [0.4, 0.5) is 5.69 Å². The van der Waals surface area contributed by atoms with Crippen molar-refractivity contribution >= 4 is 54.0 Å². The van der Waals surface area contributed by atoms with Crippen LogP contribution in [0.5, 0.6) is 0 Å². The zero-order chi connectivity index (χ0) is 18.2. The SMILES string of the molecule is C1=CC2c3cc4sc5ccc6ccccc6c5c4cc3NC2c2ccccc21. The van der Waals surface area contributed by atoms with Crippen molar-refractivity contribution in [3.05, 3.63) is 95.6 Å². The first-order valence-corrected chi connectivity index (χ1v) is 10.6. The summed E-state index contributed by atoms with van der Waals surface area (Å²) in [6, 6.07) is 27.2. The minimum absolute atomic E-state index is 0.343. The standard InChI is InChI=1S/C26H17NS/c1-3-7-17-15(5-1)10-12-23-25(17)21-13-22-20(14-24(21)28-23)19-11-9-16-6-2-4-8-18(16)26(19)27-22/h1-14,19,26-27H. The molecular weight excluding hydrogens is 358 g/mol. The number of anilines is 1. The van der Waals surface area contributed by atoms with E-state index in [9.17, 15) is 0 Å². The van der Waals surface area contributed by atoms with Gasteiger partial charge < -0.3 is 5.32 Å². The topological polar surface area (TPSA) is 12.0 Å². The van der Waals surface area contributed by atoms with Gasteiger partial charge in [0, 0.05) is 31.8 Å². The average Bonchev–Trinajstić information content (AvgIpc) is 3.29. The zero-order valence-corrected chi connectivity index (χ0v) is 16.0. The molecule has 0 spiro atoms. The molecule has 132 valence electrons. The molecular formula is C26H17NS. The largest absolute Gasteiger partial charge is 0.377 e. The highest BCUT2D eigenvalue weighted by molar-refractivity contribution is 7.26. The number of hydrogen-bond acceptors (Lipinski definition) is 2. The third-order valence-electron chi connectivity index (χ3n) is 6.38. The molecule has 0 saturated carbocycles. The first-order chi connectivity index (χ1) is 13.9. The van der Waals surface area contributed by atoms with Crippen LogP contribution in [0.2, 0.25) is 0 Å². The molecule has 1 aliphatic heterocycles. The van der Waals surface area contributed by atoms with Crippen LogP contribution in [0.3, 0.4) is 0 Å². The third-order valence-corrected chi connectivity index (χ3v) is 7.49. The fourth-order valence-electron chi connectivity index (χ4n) is 5.09. The monoisotopic (exact) mass is 375 g/mol. The van der Waals surface area contributed by atoms with E-state index in [0.717, 1.165) is 0 Å². The molecule has 1 aromatic heterocycles. The van der Waals surface area contributed by atoms with Gasteiger partial charge in [-0.05, 0) is 45.7 Å². The normalized spacial score (nSPS) is 19.6. The summed E-state index contributed by atoms with van der Waals surface area (Å²) in [5, 5.41) is 9.28. The molecule has 28 heavy (non-hydrogen) atoms. The molecule has 0 fully saturated rings. The Morgan fingerprint density at radius 1 is 0.750 bits per heavy atom. The maximum Gasteiger partial charge on any atom is 0.0623 e. The van der Waals surface area contributed by atoms with Crippen molar-refractivity contribution in [3.63, 3.8) is 0 Å². The lowest BCUT2D eigenvalue weighted by Crippen LogP contribution is -2.14. The quantitative estimate of drug-likeness (QED) is 0.296. The molecule has 0 saturated heterocycles. The average molecular weight is 375 g/mol. The molecule has 0 bridgehead atoms. The molecule has 5 aromatic rings. The van der Waals surface area contributed by atoms with Gasteiger partial charge in [-0.25, -0.2) is 0 Å². The maximum absolute atomic E-state index is 3.84. The smallest absolute Gasteiger partial charge is 0.0623 e. The van der Waals surface area contributed by atoms with E-state index in [1.807, 2.05) is 11.3 Å². The van der Waals surface area contributed by atoms with Gasteiger partial charge in [-0.15, -0.1) is 11.3 Å². The lowest BCUT2D eigenvalue weighted by Gasteiger charge is -2.24. The highest BCUT2D eigenvalue weighted by atomic mass is 32.1. The van der Waals surface area contributed by atoms with Crippen molar-refractivity contribution in [3.8, 4) is 0 Å². The summed E-state index contributed by atoms with van der Waals surface area (Å²) in [6.45, 7) is 0. The number of fused-ring (bicyclic) bond motifs is 10. The maximum atomic E-state index is 3.84. The van der Waals surface area contributed by atoms with Gasteiger partial charge in [-0.3, -0.25) is 0 Å². The molecule has 0 radical (unpaired) electrons. The van der Waals surface area contributed by atoms with Crippen LogP contribution in [0, 0.1) is 0 Å². The third kappa shape index (κ3) is 1.86. The molecule has 2 unspecified atom stereocenters. The van der Waals surface area contributed by atoms with Crippen LogP contribution in [0.25, 0.3) is 37.0 Å². The van der Waals surface area contributed by atoms with E-state index in [1.165, 1.54) is 53.3 Å². The van der Waals surface area contributed by atoms with Gasteiger partial charge in [0.15, 0.2) is 0 Å². The van der Waals surface area contributed by atoms with Gasteiger partial charge in [0.05, 0.1) is 6.04 Å². The van der Waals surface area contributed by atoms with Crippen molar-refractivity contribution in [2.45, 2.75) is 12.0 Å². The second-order valence-electron chi connectivity index (χ2n) is 7.83. The Labute approximate surface area is 166 Å². The fraction of sp³-hybridized carbons (Fsp3) is 0.0769. The Hall–Kier alpha value is -3.10. The van der Waals surface area contributed by atoms with E-state index >= 15 is 0 Å². The molecule has 1 aliphatic carbocycles. The van der Waals surface area contributed by atoms with Gasteiger partial charge in [-0.1, -0.05) is 66.7 Å². The Morgan fingerprint density at radius 3 is 2.64 bits per heavy atom. The summed E-state index contributed by atoms with van der Waals surface area (Å²) in [4.78, 5) is 0. The minimum Gasteiger partial charge on any atom is -0.377 e. The highest BCUT2D eigenvalue weighted by Crippen LogP contribution is 2.51. The van der Waals surface area contributed by atoms with E-state index in [4.69, 9.17) is 0 Å². The van der Waals surface area contributed by atoms with Crippen LogP contribution in [-0.2, 0) is 0 Å². The summed E-state index contributed by atoms with van der Waals surface area (Å²) in [6.07, 6.45) is 4.66. The van der Waals surface area contributed by atoms with Crippen molar-refractivity contribution in [1.29, 1.82) is 0 Å². The number of hydrogen-bond donors (Lipinski definition) is 1. The second kappa shape index (κ2) is 5.24. The second-order valence-corrected chi connectivity index (χ2v) is 8.92. The predicted molar refractivity (Wildman–Crippen MR) is 121 cm³/mol. The van der Waals surface area contributed by atoms with Crippen LogP contribution >= 0.6 is 11.3 Å². The summed E-state index contributed by atoms with van der Waals surface area (Å²) >= 11 is 1.92. The fourth-order valence-corrected chi connectivity index (χ4v) is 6.24. The molecule has 2 atom stereocenters. The molecule has 1 N–H and O–H groups in total. The van der Waals surface area contributed by atoms with Gasteiger partial charge in [0.2, 0.25) is 0 Å². The van der Waals surface area contributed by atoms with E-state index in [1.54, 1.807) is 0 Å². The Morgan fingerprint density at radius 2 is 1.64 bits per heavy atom. The molecule has 1 nitrogen and oxygen atoms in total. The van der Waals surface area contributed by atoms with Gasteiger partial charge >= 0.3 is 0 Å². The van der Waals surface area contributed by atoms with Crippen molar-refractivity contribution in [2.24, 2.45) is 0 Å². The van der Waals surface area contributed by atoms with E-state index < -0.39 is 0 Å². The first-order valence-electron chi connectivity index (χ1n) is 9.78. The summed E-state index contributed by atoms with van der Waals surface area (Å²) in [5.41, 5.74) is 5.46. The lowest BCUT2D eigenvalue weighted by atomic mass is 9.83.